The van der Waals surface area contributed by atoms with E-state index in [9.17, 15) is 4.79 Å². The zero-order chi connectivity index (χ0) is 19.6. The van der Waals surface area contributed by atoms with Crippen molar-refractivity contribution in [3.63, 3.8) is 0 Å². The fourth-order valence-corrected chi connectivity index (χ4v) is 2.77. The highest BCUT2D eigenvalue weighted by atomic mass is 16.5. The fourth-order valence-electron chi connectivity index (χ4n) is 2.77. The van der Waals surface area contributed by atoms with Crippen molar-refractivity contribution in [1.82, 2.24) is 14.9 Å². The maximum atomic E-state index is 12.7. The predicted molar refractivity (Wildman–Crippen MR) is 102 cm³/mol. The molecule has 3 rings (SSSR count). The van der Waals surface area contributed by atoms with Gasteiger partial charge in [0.1, 0.15) is 18.1 Å². The molecule has 1 aromatic carbocycles. The molecule has 0 aliphatic carbocycles. The molecular formula is C20H24N4O3. The van der Waals surface area contributed by atoms with E-state index in [-0.39, 0.29) is 18.2 Å². The minimum atomic E-state index is -0.343. The van der Waals surface area contributed by atoms with Crippen molar-refractivity contribution < 1.29 is 14.1 Å². The first-order valence-corrected chi connectivity index (χ1v) is 8.89. The first-order valence-electron chi connectivity index (χ1n) is 8.89. The third kappa shape index (κ3) is 3.86. The molecule has 0 aliphatic rings. The number of nitrogens with zero attached hydrogens (tertiary/aromatic N) is 3. The highest BCUT2D eigenvalue weighted by Crippen LogP contribution is 2.22. The number of benzene rings is 1. The second-order valence-electron chi connectivity index (χ2n) is 6.51. The number of carbonyl (C=O) groups excluding carboxylic acids is 1. The molecule has 0 bridgehead atoms. The summed E-state index contributed by atoms with van der Waals surface area (Å²) < 4.78 is 12.9. The number of carbonyl (C=O) groups is 1. The summed E-state index contributed by atoms with van der Waals surface area (Å²) in [7, 11) is 0. The smallest absolute Gasteiger partial charge is 0.278 e. The second kappa shape index (κ2) is 7.65. The number of hydrogen-bond donors (Lipinski definition) is 1. The van der Waals surface area contributed by atoms with Gasteiger partial charge in [-0.15, -0.1) is 0 Å². The van der Waals surface area contributed by atoms with Crippen molar-refractivity contribution in [2.75, 3.05) is 5.32 Å². The Morgan fingerprint density at radius 3 is 2.67 bits per heavy atom. The number of aromatic nitrogens is 3. The Labute approximate surface area is 158 Å². The van der Waals surface area contributed by atoms with Gasteiger partial charge in [0, 0.05) is 6.54 Å². The fraction of sp³-hybridized carbons (Fsp3) is 0.350. The normalized spacial score (nSPS) is 10.9. The van der Waals surface area contributed by atoms with Crippen LogP contribution in [0.2, 0.25) is 0 Å². The van der Waals surface area contributed by atoms with E-state index in [1.165, 1.54) is 5.56 Å². The number of aryl methyl sites for hydroxylation is 4. The third-order valence-corrected chi connectivity index (χ3v) is 4.71. The molecule has 0 atom stereocenters. The summed E-state index contributed by atoms with van der Waals surface area (Å²) in [6, 6.07) is 5.89. The van der Waals surface area contributed by atoms with E-state index < -0.39 is 0 Å². The second-order valence-corrected chi connectivity index (χ2v) is 6.51. The molecule has 1 N–H and O–H groups in total. The summed E-state index contributed by atoms with van der Waals surface area (Å²) in [6.07, 6.45) is 1.63. The number of ether oxygens (including phenoxy) is 1. The number of hydrogen-bond acceptors (Lipinski definition) is 5. The molecule has 7 heteroatoms. The lowest BCUT2D eigenvalue weighted by atomic mass is 10.1. The molecule has 0 aliphatic heterocycles. The molecule has 2 heterocycles. The van der Waals surface area contributed by atoms with Crippen molar-refractivity contribution in [3.05, 3.63) is 58.2 Å². The molecule has 0 unspecified atom stereocenters. The lowest BCUT2D eigenvalue weighted by molar-refractivity contribution is 0.101. The van der Waals surface area contributed by atoms with Crippen LogP contribution in [0.5, 0.6) is 5.75 Å². The van der Waals surface area contributed by atoms with Gasteiger partial charge in [-0.25, -0.2) is 0 Å². The van der Waals surface area contributed by atoms with Gasteiger partial charge in [-0.2, -0.15) is 5.10 Å². The highest BCUT2D eigenvalue weighted by Gasteiger charge is 2.21. The van der Waals surface area contributed by atoms with E-state index >= 15 is 0 Å². The minimum absolute atomic E-state index is 0.202. The van der Waals surface area contributed by atoms with E-state index in [1.54, 1.807) is 13.1 Å². The lowest BCUT2D eigenvalue weighted by Gasteiger charge is -2.09. The SMILES string of the molecule is CCn1ncc(NC(=O)c2noc(C)c2COc2ccc(C)c(C)c2)c1C. The summed E-state index contributed by atoms with van der Waals surface area (Å²) in [6.45, 7) is 10.7. The summed E-state index contributed by atoms with van der Waals surface area (Å²) in [5, 5.41) is 11.0. The average Bonchev–Trinajstić information content (AvgIpc) is 3.19. The number of nitrogens with one attached hydrogen (secondary N) is 1. The van der Waals surface area contributed by atoms with Crippen LogP contribution in [0.4, 0.5) is 5.69 Å². The quantitative estimate of drug-likeness (QED) is 0.712. The minimum Gasteiger partial charge on any atom is -0.489 e. The molecule has 0 saturated carbocycles. The molecule has 0 spiro atoms. The van der Waals surface area contributed by atoms with Crippen molar-refractivity contribution in [3.8, 4) is 5.75 Å². The molecule has 0 fully saturated rings. The molecule has 2 aromatic heterocycles. The van der Waals surface area contributed by atoms with Crippen LogP contribution in [-0.2, 0) is 13.2 Å². The van der Waals surface area contributed by atoms with E-state index in [2.05, 4.69) is 15.6 Å². The Bertz CT molecular complexity index is 972. The number of amides is 1. The number of rotatable bonds is 6. The van der Waals surface area contributed by atoms with Gasteiger partial charge < -0.3 is 14.6 Å². The van der Waals surface area contributed by atoms with Crippen LogP contribution >= 0.6 is 0 Å². The molecular weight excluding hydrogens is 344 g/mol. The largest absolute Gasteiger partial charge is 0.489 e. The molecule has 1 amide bonds. The molecule has 0 saturated heterocycles. The third-order valence-electron chi connectivity index (χ3n) is 4.71. The molecule has 7 nitrogen and oxygen atoms in total. The van der Waals surface area contributed by atoms with Crippen LogP contribution in [0.3, 0.4) is 0 Å². The molecule has 0 radical (unpaired) electrons. The van der Waals surface area contributed by atoms with E-state index in [0.29, 0.717) is 17.0 Å². The van der Waals surface area contributed by atoms with Crippen molar-refractivity contribution in [1.29, 1.82) is 0 Å². The molecule has 142 valence electrons. The van der Waals surface area contributed by atoms with Gasteiger partial charge in [0.05, 0.1) is 23.1 Å². The van der Waals surface area contributed by atoms with Crippen molar-refractivity contribution >= 4 is 11.6 Å². The van der Waals surface area contributed by atoms with Gasteiger partial charge in [-0.1, -0.05) is 11.2 Å². The summed E-state index contributed by atoms with van der Waals surface area (Å²) >= 11 is 0. The maximum absolute atomic E-state index is 12.7. The van der Waals surface area contributed by atoms with Crippen LogP contribution in [-0.4, -0.2) is 20.8 Å². The van der Waals surface area contributed by atoms with Gasteiger partial charge in [-0.3, -0.25) is 9.48 Å². The highest BCUT2D eigenvalue weighted by molar-refractivity contribution is 6.04. The lowest BCUT2D eigenvalue weighted by Crippen LogP contribution is -2.16. The van der Waals surface area contributed by atoms with Crippen molar-refractivity contribution in [2.45, 2.75) is 47.8 Å². The topological polar surface area (TPSA) is 82.2 Å². The summed E-state index contributed by atoms with van der Waals surface area (Å²) in [5.74, 6) is 0.958. The Morgan fingerprint density at radius 1 is 1.22 bits per heavy atom. The van der Waals surface area contributed by atoms with Gasteiger partial charge in [0.15, 0.2) is 5.69 Å². The van der Waals surface area contributed by atoms with Crippen LogP contribution < -0.4 is 10.1 Å². The van der Waals surface area contributed by atoms with Crippen LogP contribution in [0, 0.1) is 27.7 Å². The maximum Gasteiger partial charge on any atom is 0.278 e. The van der Waals surface area contributed by atoms with E-state index in [0.717, 1.165) is 23.6 Å². The van der Waals surface area contributed by atoms with E-state index in [1.807, 2.05) is 50.6 Å². The standard InChI is InChI=1S/C20H24N4O3/c1-6-24-14(4)18(10-21-24)22-20(25)19-17(15(5)27-23-19)11-26-16-8-7-12(2)13(3)9-16/h7-10H,6,11H2,1-5H3,(H,22,25). The van der Waals surface area contributed by atoms with Crippen LogP contribution in [0.1, 0.15) is 45.6 Å². The number of anilines is 1. The first kappa shape index (κ1) is 18.7. The molecule has 3 aromatic rings. The summed E-state index contributed by atoms with van der Waals surface area (Å²) in [4.78, 5) is 12.7. The first-order chi connectivity index (χ1) is 12.9. The van der Waals surface area contributed by atoms with Gasteiger partial charge >= 0.3 is 0 Å². The zero-order valence-corrected chi connectivity index (χ0v) is 16.3. The average molecular weight is 368 g/mol. The summed E-state index contributed by atoms with van der Waals surface area (Å²) in [5.41, 5.74) is 4.75. The monoisotopic (exact) mass is 368 g/mol. The predicted octanol–water partition coefficient (Wildman–Crippen LogP) is 3.96. The Hall–Kier alpha value is -3.09. The molecule has 27 heavy (non-hydrogen) atoms. The van der Waals surface area contributed by atoms with Crippen LogP contribution in [0.25, 0.3) is 0 Å². The van der Waals surface area contributed by atoms with Gasteiger partial charge in [0.25, 0.3) is 5.91 Å². The van der Waals surface area contributed by atoms with Crippen LogP contribution in [0.15, 0.2) is 28.9 Å². The Morgan fingerprint density at radius 2 is 2.00 bits per heavy atom. The van der Waals surface area contributed by atoms with Crippen molar-refractivity contribution in [2.24, 2.45) is 0 Å². The Kier molecular flexibility index (Phi) is 5.30. The van der Waals surface area contributed by atoms with Gasteiger partial charge in [0.2, 0.25) is 0 Å². The Balaban J connectivity index is 1.76. The zero-order valence-electron chi connectivity index (χ0n) is 16.3. The van der Waals surface area contributed by atoms with Gasteiger partial charge in [-0.05, 0) is 57.9 Å². The van der Waals surface area contributed by atoms with E-state index in [4.69, 9.17) is 9.26 Å².